The van der Waals surface area contributed by atoms with Crippen LogP contribution in [0, 0.1) is 0 Å². The lowest BCUT2D eigenvalue weighted by molar-refractivity contribution is 0.0734. The number of para-hydroxylation sites is 1. The number of carbonyl (C=O) groups is 1. The fraction of sp³-hybridized carbons (Fsp3) is 0.417. The molecule has 31 heavy (non-hydrogen) atoms. The summed E-state index contributed by atoms with van der Waals surface area (Å²) in [5, 5.41) is 0.994. The van der Waals surface area contributed by atoms with Gasteiger partial charge in [-0.25, -0.2) is 4.98 Å². The number of aromatic nitrogens is 1. The Morgan fingerprint density at radius 2 is 1.74 bits per heavy atom. The normalized spacial score (nSPS) is 16.0. The average Bonchev–Trinajstić information content (AvgIpc) is 3.42. The number of hydrogen-bond acceptors (Lipinski definition) is 6. The molecule has 0 unspecified atom stereocenters. The molecule has 2 heterocycles. The first-order valence-corrected chi connectivity index (χ1v) is 11.7. The van der Waals surface area contributed by atoms with Crippen molar-refractivity contribution >= 4 is 27.5 Å². The van der Waals surface area contributed by atoms with Crippen LogP contribution in [0.3, 0.4) is 0 Å². The summed E-state index contributed by atoms with van der Waals surface area (Å²) >= 11 is 1.67. The molecule has 4 rings (SSSR count). The van der Waals surface area contributed by atoms with Crippen LogP contribution in [0.1, 0.15) is 55.0 Å². The van der Waals surface area contributed by atoms with Crippen molar-refractivity contribution in [1.29, 1.82) is 0 Å². The Balaban J connectivity index is 1.68. The zero-order valence-electron chi connectivity index (χ0n) is 18.2. The Kier molecular flexibility index (Phi) is 6.61. The predicted octanol–water partition coefficient (Wildman–Crippen LogP) is 5.47. The Labute approximate surface area is 186 Å². The highest BCUT2D eigenvalue weighted by Gasteiger charge is 2.33. The number of nitrogens with zero attached hydrogens (tertiary/aromatic N) is 2. The predicted molar refractivity (Wildman–Crippen MR) is 123 cm³/mol. The summed E-state index contributed by atoms with van der Waals surface area (Å²) in [7, 11) is 0. The highest BCUT2D eigenvalue weighted by atomic mass is 32.1. The maximum absolute atomic E-state index is 13.6. The molecule has 0 radical (unpaired) electrons. The van der Waals surface area contributed by atoms with Crippen LogP contribution in [0.25, 0.3) is 10.2 Å². The minimum absolute atomic E-state index is 0.0115. The van der Waals surface area contributed by atoms with Crippen LogP contribution >= 0.6 is 11.3 Å². The lowest BCUT2D eigenvalue weighted by Crippen LogP contribution is -2.30. The van der Waals surface area contributed by atoms with Gasteiger partial charge in [0.05, 0.1) is 36.1 Å². The molecule has 2 aromatic carbocycles. The van der Waals surface area contributed by atoms with Gasteiger partial charge >= 0.3 is 0 Å². The van der Waals surface area contributed by atoms with E-state index in [1.807, 2.05) is 43.9 Å². The molecular weight excluding hydrogens is 412 g/mol. The lowest BCUT2D eigenvalue weighted by atomic mass is 10.1. The molecular formula is C24H28N2O4S. The molecule has 0 saturated carbocycles. The first-order valence-electron chi connectivity index (χ1n) is 10.9. The first-order chi connectivity index (χ1) is 15.2. The van der Waals surface area contributed by atoms with Crippen LogP contribution in [-0.2, 0) is 0 Å². The summed E-state index contributed by atoms with van der Waals surface area (Å²) in [4.78, 5) is 20.3. The van der Waals surface area contributed by atoms with Gasteiger partial charge in [0.2, 0.25) is 5.75 Å². The van der Waals surface area contributed by atoms with Crippen molar-refractivity contribution in [2.75, 3.05) is 26.4 Å². The van der Waals surface area contributed by atoms with Gasteiger partial charge in [0.15, 0.2) is 11.5 Å². The average molecular weight is 441 g/mol. The van der Waals surface area contributed by atoms with Crippen LogP contribution in [0.4, 0.5) is 0 Å². The Bertz CT molecular complexity index is 1000. The number of amides is 1. The van der Waals surface area contributed by atoms with E-state index < -0.39 is 0 Å². The van der Waals surface area contributed by atoms with Gasteiger partial charge in [0.25, 0.3) is 5.91 Å². The lowest BCUT2D eigenvalue weighted by Gasteiger charge is -2.24. The molecule has 1 atom stereocenters. The van der Waals surface area contributed by atoms with E-state index in [2.05, 4.69) is 6.07 Å². The maximum atomic E-state index is 13.6. The van der Waals surface area contributed by atoms with E-state index in [9.17, 15) is 4.79 Å². The molecule has 164 valence electrons. The number of hydrogen-bond donors (Lipinski definition) is 0. The molecule has 0 N–H and O–H groups in total. The van der Waals surface area contributed by atoms with E-state index in [4.69, 9.17) is 19.2 Å². The van der Waals surface area contributed by atoms with E-state index in [0.717, 1.165) is 28.1 Å². The smallest absolute Gasteiger partial charge is 0.254 e. The molecule has 1 aliphatic heterocycles. The number of rotatable bonds is 8. The topological polar surface area (TPSA) is 60.9 Å². The number of benzene rings is 2. The van der Waals surface area contributed by atoms with Crippen LogP contribution in [0.5, 0.6) is 17.2 Å². The molecule has 1 saturated heterocycles. The summed E-state index contributed by atoms with van der Waals surface area (Å²) in [5.74, 6) is 1.59. The Morgan fingerprint density at radius 1 is 1.06 bits per heavy atom. The monoisotopic (exact) mass is 440 g/mol. The number of thiazole rings is 1. The summed E-state index contributed by atoms with van der Waals surface area (Å²) in [6.45, 7) is 7.88. The third kappa shape index (κ3) is 4.32. The van der Waals surface area contributed by atoms with Gasteiger partial charge in [0, 0.05) is 12.1 Å². The molecule has 1 aliphatic rings. The minimum atomic E-state index is -0.0355. The zero-order chi connectivity index (χ0) is 21.8. The van der Waals surface area contributed by atoms with Gasteiger partial charge in [-0.3, -0.25) is 4.79 Å². The van der Waals surface area contributed by atoms with Crippen molar-refractivity contribution in [3.8, 4) is 17.2 Å². The largest absolute Gasteiger partial charge is 0.490 e. The van der Waals surface area contributed by atoms with Gasteiger partial charge < -0.3 is 19.1 Å². The highest BCUT2D eigenvalue weighted by Crippen LogP contribution is 2.41. The molecule has 1 amide bonds. The van der Waals surface area contributed by atoms with Crippen molar-refractivity contribution in [3.63, 3.8) is 0 Å². The second-order valence-corrected chi connectivity index (χ2v) is 8.34. The molecule has 0 spiro atoms. The van der Waals surface area contributed by atoms with Gasteiger partial charge in [-0.1, -0.05) is 12.1 Å². The van der Waals surface area contributed by atoms with Crippen molar-refractivity contribution in [2.24, 2.45) is 0 Å². The second-order valence-electron chi connectivity index (χ2n) is 7.28. The van der Waals surface area contributed by atoms with Crippen molar-refractivity contribution in [2.45, 2.75) is 39.7 Å². The van der Waals surface area contributed by atoms with E-state index in [0.29, 0.717) is 49.2 Å². The SMILES string of the molecule is CCOc1cc(C(=O)N2CCC[C@H]2c2nc3ccccc3s2)cc(OCC)c1OCC. The molecule has 1 fully saturated rings. The van der Waals surface area contributed by atoms with E-state index in [1.54, 1.807) is 23.5 Å². The fourth-order valence-corrected chi connectivity index (χ4v) is 5.09. The van der Waals surface area contributed by atoms with Crippen LogP contribution in [-0.4, -0.2) is 42.2 Å². The van der Waals surface area contributed by atoms with Crippen LogP contribution in [0.2, 0.25) is 0 Å². The molecule has 3 aromatic rings. The van der Waals surface area contributed by atoms with Crippen LogP contribution < -0.4 is 14.2 Å². The van der Waals surface area contributed by atoms with Crippen LogP contribution in [0.15, 0.2) is 36.4 Å². The summed E-state index contributed by atoms with van der Waals surface area (Å²) in [6, 6.07) is 11.6. The van der Waals surface area contributed by atoms with Crippen molar-refractivity contribution in [3.05, 3.63) is 47.0 Å². The van der Waals surface area contributed by atoms with E-state index in [-0.39, 0.29) is 11.9 Å². The molecule has 0 aliphatic carbocycles. The fourth-order valence-electron chi connectivity index (χ4n) is 3.98. The summed E-state index contributed by atoms with van der Waals surface area (Å²) in [6.07, 6.45) is 1.87. The molecule has 1 aromatic heterocycles. The maximum Gasteiger partial charge on any atom is 0.254 e. The molecule has 7 heteroatoms. The quantitative estimate of drug-likeness (QED) is 0.465. The second kappa shape index (κ2) is 9.56. The molecule has 0 bridgehead atoms. The van der Waals surface area contributed by atoms with Gasteiger partial charge in [-0.2, -0.15) is 0 Å². The van der Waals surface area contributed by atoms with Gasteiger partial charge in [-0.05, 0) is 57.9 Å². The standard InChI is InChI=1S/C24H28N2O4S/c1-4-28-19-14-16(15-20(29-5-2)22(19)30-6-3)24(27)26-13-9-11-18(26)23-25-17-10-7-8-12-21(17)31-23/h7-8,10,12,14-15,18H,4-6,9,11,13H2,1-3H3/t18-/m0/s1. The third-order valence-corrected chi connectivity index (χ3v) is 6.40. The van der Waals surface area contributed by atoms with Crippen molar-refractivity contribution < 1.29 is 19.0 Å². The Morgan fingerprint density at radius 3 is 2.39 bits per heavy atom. The molecule has 6 nitrogen and oxygen atoms in total. The van der Waals surface area contributed by atoms with Crippen molar-refractivity contribution in [1.82, 2.24) is 9.88 Å². The Hall–Kier alpha value is -2.80. The zero-order valence-corrected chi connectivity index (χ0v) is 19.0. The first kappa shape index (κ1) is 21.4. The number of likely N-dealkylation sites (tertiary alicyclic amines) is 1. The summed E-state index contributed by atoms with van der Waals surface area (Å²) < 4.78 is 18.5. The number of carbonyl (C=O) groups excluding carboxylic acids is 1. The number of ether oxygens (including phenoxy) is 3. The van der Waals surface area contributed by atoms with E-state index >= 15 is 0 Å². The van der Waals surface area contributed by atoms with E-state index in [1.165, 1.54) is 0 Å². The minimum Gasteiger partial charge on any atom is -0.490 e. The van der Waals surface area contributed by atoms with Gasteiger partial charge in [-0.15, -0.1) is 11.3 Å². The number of fused-ring (bicyclic) bond motifs is 1. The summed E-state index contributed by atoms with van der Waals surface area (Å²) in [5.41, 5.74) is 1.53. The highest BCUT2D eigenvalue weighted by molar-refractivity contribution is 7.18. The van der Waals surface area contributed by atoms with Gasteiger partial charge in [0.1, 0.15) is 5.01 Å². The third-order valence-electron chi connectivity index (χ3n) is 5.27.